The average molecular weight is 362 g/mol. The van der Waals surface area contributed by atoms with Crippen LogP contribution in [0.1, 0.15) is 0 Å². The van der Waals surface area contributed by atoms with Crippen molar-refractivity contribution in [2.24, 2.45) is 7.05 Å². The molecule has 0 N–H and O–H groups in total. The summed E-state index contributed by atoms with van der Waals surface area (Å²) in [6.45, 7) is 0.494. The number of fused-ring (bicyclic) bond motifs is 8. The van der Waals surface area contributed by atoms with E-state index < -0.39 is 0 Å². The third-order valence-electron chi connectivity index (χ3n) is 5.31. The van der Waals surface area contributed by atoms with Gasteiger partial charge in [-0.3, -0.25) is 0 Å². The number of pyridine rings is 1. The second-order valence-corrected chi connectivity index (χ2v) is 6.73. The van der Waals surface area contributed by atoms with Gasteiger partial charge in [0.2, 0.25) is 19.1 Å². The molecule has 3 heterocycles. The van der Waals surface area contributed by atoms with Crippen LogP contribution in [-0.2, 0) is 7.05 Å². The fraction of sp³-hybridized carbons (Fsp3) is 0.190. The Balaban J connectivity index is 1.84. The zero-order valence-electron chi connectivity index (χ0n) is 14.9. The molecule has 0 bridgehead atoms. The van der Waals surface area contributed by atoms with Crippen molar-refractivity contribution in [1.82, 2.24) is 0 Å². The van der Waals surface area contributed by atoms with Crippen LogP contribution in [0.2, 0.25) is 0 Å². The van der Waals surface area contributed by atoms with Gasteiger partial charge in [0.25, 0.3) is 0 Å². The molecule has 134 valence electrons. The normalized spacial score (nSPS) is 14.4. The lowest BCUT2D eigenvalue weighted by Gasteiger charge is -2.12. The van der Waals surface area contributed by atoms with E-state index in [9.17, 15) is 0 Å². The van der Waals surface area contributed by atoms with Gasteiger partial charge in [-0.2, -0.15) is 4.57 Å². The molecule has 0 amide bonds. The molecule has 3 aromatic carbocycles. The Bertz CT molecular complexity index is 1280. The van der Waals surface area contributed by atoms with Gasteiger partial charge in [0.15, 0.2) is 29.2 Å². The molecule has 0 fully saturated rings. The fourth-order valence-corrected chi connectivity index (χ4v) is 4.13. The van der Waals surface area contributed by atoms with Crippen LogP contribution in [0, 0.1) is 0 Å². The van der Waals surface area contributed by atoms with Crippen molar-refractivity contribution in [3.8, 4) is 28.7 Å². The second-order valence-electron chi connectivity index (χ2n) is 6.73. The summed E-state index contributed by atoms with van der Waals surface area (Å²) in [7, 11) is 3.72. The van der Waals surface area contributed by atoms with E-state index in [1.165, 1.54) is 0 Å². The maximum absolute atomic E-state index is 5.78. The van der Waals surface area contributed by atoms with Crippen molar-refractivity contribution >= 4 is 32.4 Å². The highest BCUT2D eigenvalue weighted by molar-refractivity contribution is 6.18. The Morgan fingerprint density at radius 2 is 1.63 bits per heavy atom. The Morgan fingerprint density at radius 1 is 0.852 bits per heavy atom. The lowest BCUT2D eigenvalue weighted by Crippen LogP contribution is -2.28. The number of benzene rings is 3. The summed E-state index contributed by atoms with van der Waals surface area (Å²) in [4.78, 5) is 0. The van der Waals surface area contributed by atoms with Crippen LogP contribution in [0.3, 0.4) is 0 Å². The highest BCUT2D eigenvalue weighted by atomic mass is 16.7. The minimum absolute atomic E-state index is 0.245. The van der Waals surface area contributed by atoms with Gasteiger partial charge in [-0.05, 0) is 35.7 Å². The minimum atomic E-state index is 0.245. The predicted molar refractivity (Wildman–Crippen MR) is 98.9 cm³/mol. The third kappa shape index (κ3) is 1.87. The Labute approximate surface area is 154 Å². The van der Waals surface area contributed by atoms with E-state index in [4.69, 9.17) is 23.7 Å². The summed E-state index contributed by atoms with van der Waals surface area (Å²) in [5.74, 6) is 3.87. The van der Waals surface area contributed by atoms with Crippen molar-refractivity contribution in [3.05, 3.63) is 36.5 Å². The minimum Gasteiger partial charge on any atom is -0.496 e. The van der Waals surface area contributed by atoms with Crippen molar-refractivity contribution in [3.63, 3.8) is 0 Å². The fourth-order valence-electron chi connectivity index (χ4n) is 4.13. The smallest absolute Gasteiger partial charge is 0.231 e. The largest absolute Gasteiger partial charge is 0.496 e. The topological polar surface area (TPSA) is 50.0 Å². The quantitative estimate of drug-likeness (QED) is 0.384. The lowest BCUT2D eigenvalue weighted by molar-refractivity contribution is -0.642. The van der Waals surface area contributed by atoms with E-state index in [-0.39, 0.29) is 13.6 Å². The van der Waals surface area contributed by atoms with E-state index in [0.29, 0.717) is 0 Å². The van der Waals surface area contributed by atoms with Gasteiger partial charge < -0.3 is 23.7 Å². The summed E-state index contributed by atoms with van der Waals surface area (Å²) >= 11 is 0. The first-order chi connectivity index (χ1) is 13.2. The van der Waals surface area contributed by atoms with E-state index in [0.717, 1.165) is 61.2 Å². The number of hydrogen-bond acceptors (Lipinski definition) is 5. The number of hydrogen-bond donors (Lipinski definition) is 0. The molecular weight excluding hydrogens is 346 g/mol. The van der Waals surface area contributed by atoms with E-state index in [1.807, 2.05) is 31.3 Å². The first-order valence-electron chi connectivity index (χ1n) is 8.69. The Morgan fingerprint density at radius 3 is 2.48 bits per heavy atom. The second kappa shape index (κ2) is 5.07. The number of rotatable bonds is 1. The molecule has 2 aliphatic rings. The standard InChI is InChI=1S/C21H16NO5/c1-22-8-14-12(3-4-15-21(14)27-10-24-15)19-18(23-2)6-11-5-16-17(26-9-25-16)7-13(11)20(19)22/h3-8H,9-10H2,1-2H3/q+1. The molecule has 2 aliphatic heterocycles. The highest BCUT2D eigenvalue weighted by Crippen LogP contribution is 2.45. The molecule has 0 saturated heterocycles. The van der Waals surface area contributed by atoms with Crippen molar-refractivity contribution in [2.45, 2.75) is 0 Å². The molecule has 6 nitrogen and oxygen atoms in total. The van der Waals surface area contributed by atoms with Gasteiger partial charge in [0, 0.05) is 5.39 Å². The molecule has 4 aromatic rings. The van der Waals surface area contributed by atoms with Gasteiger partial charge in [0.05, 0.1) is 23.3 Å². The van der Waals surface area contributed by atoms with Gasteiger partial charge in [0.1, 0.15) is 12.8 Å². The molecular formula is C21H16NO5+. The highest BCUT2D eigenvalue weighted by Gasteiger charge is 2.26. The van der Waals surface area contributed by atoms with Crippen molar-refractivity contribution in [2.75, 3.05) is 20.7 Å². The number of aryl methyl sites for hydroxylation is 1. The zero-order chi connectivity index (χ0) is 18.1. The SMILES string of the molecule is COc1cc2cc3c(cc2c2c1c1ccc4c(c1c[n+]2C)OCO4)OCO3. The van der Waals surface area contributed by atoms with Gasteiger partial charge in [-0.15, -0.1) is 0 Å². The summed E-state index contributed by atoms with van der Waals surface area (Å²) in [6, 6.07) is 10.1. The van der Waals surface area contributed by atoms with Crippen LogP contribution in [0.25, 0.3) is 32.4 Å². The number of aromatic nitrogens is 1. The molecule has 27 heavy (non-hydrogen) atoms. The van der Waals surface area contributed by atoms with Gasteiger partial charge in [-0.1, -0.05) is 0 Å². The van der Waals surface area contributed by atoms with Gasteiger partial charge in [-0.25, -0.2) is 0 Å². The summed E-state index contributed by atoms with van der Waals surface area (Å²) in [5.41, 5.74) is 1.06. The first kappa shape index (κ1) is 14.7. The van der Waals surface area contributed by atoms with Crippen LogP contribution >= 0.6 is 0 Å². The monoisotopic (exact) mass is 362 g/mol. The van der Waals surface area contributed by atoms with Crippen LogP contribution in [-0.4, -0.2) is 20.7 Å². The van der Waals surface area contributed by atoms with Crippen LogP contribution in [0.5, 0.6) is 28.7 Å². The molecule has 6 heteroatoms. The summed E-state index contributed by atoms with van der Waals surface area (Å²) < 4.78 is 30.3. The van der Waals surface area contributed by atoms with E-state index in [1.54, 1.807) is 7.11 Å². The lowest BCUT2D eigenvalue weighted by atomic mass is 9.99. The van der Waals surface area contributed by atoms with Crippen LogP contribution in [0.4, 0.5) is 0 Å². The molecule has 6 rings (SSSR count). The van der Waals surface area contributed by atoms with Crippen LogP contribution < -0.4 is 28.3 Å². The van der Waals surface area contributed by atoms with Gasteiger partial charge >= 0.3 is 0 Å². The molecule has 0 aliphatic carbocycles. The van der Waals surface area contributed by atoms with Crippen molar-refractivity contribution < 1.29 is 28.3 Å². The number of methoxy groups -OCH3 is 1. The molecule has 0 saturated carbocycles. The number of nitrogens with zero attached hydrogens (tertiary/aromatic N) is 1. The molecule has 0 unspecified atom stereocenters. The van der Waals surface area contributed by atoms with E-state index >= 15 is 0 Å². The molecule has 1 aromatic heterocycles. The molecule has 0 spiro atoms. The Hall–Kier alpha value is -3.41. The summed E-state index contributed by atoms with van der Waals surface area (Å²) in [6.07, 6.45) is 2.08. The summed E-state index contributed by atoms with van der Waals surface area (Å²) in [5, 5.41) is 5.21. The van der Waals surface area contributed by atoms with Crippen molar-refractivity contribution in [1.29, 1.82) is 0 Å². The molecule has 0 atom stereocenters. The maximum atomic E-state index is 5.78. The Kier molecular flexibility index (Phi) is 2.76. The number of ether oxygens (including phenoxy) is 5. The predicted octanol–water partition coefficient (Wildman–Crippen LogP) is 3.44. The first-order valence-corrected chi connectivity index (χ1v) is 8.69. The van der Waals surface area contributed by atoms with E-state index in [2.05, 4.69) is 16.8 Å². The zero-order valence-corrected chi connectivity index (χ0v) is 14.9. The van der Waals surface area contributed by atoms with Crippen LogP contribution in [0.15, 0.2) is 36.5 Å². The third-order valence-corrected chi connectivity index (χ3v) is 5.31. The average Bonchev–Trinajstić information content (AvgIpc) is 3.34. The maximum Gasteiger partial charge on any atom is 0.231 e. The molecule has 0 radical (unpaired) electrons.